The SMILES string of the molecule is CC(=O)Cc1nc(-c2ccc(F)c(C)c2)cn1-c1ccc(F)cc1. The van der Waals surface area contributed by atoms with Crippen LogP contribution in [-0.2, 0) is 11.2 Å². The molecule has 0 spiro atoms. The van der Waals surface area contributed by atoms with Crippen molar-refractivity contribution in [2.45, 2.75) is 20.3 Å². The maximum atomic E-state index is 13.5. The Bertz CT molecular complexity index is 898. The number of halogens is 2. The predicted molar refractivity (Wildman–Crippen MR) is 88.0 cm³/mol. The monoisotopic (exact) mass is 326 g/mol. The van der Waals surface area contributed by atoms with E-state index in [4.69, 9.17) is 0 Å². The van der Waals surface area contributed by atoms with Gasteiger partial charge in [-0.1, -0.05) is 0 Å². The number of carbonyl (C=O) groups is 1. The molecule has 0 radical (unpaired) electrons. The highest BCUT2D eigenvalue weighted by molar-refractivity contribution is 5.78. The maximum absolute atomic E-state index is 13.5. The van der Waals surface area contributed by atoms with Crippen molar-refractivity contribution in [3.05, 3.63) is 71.7 Å². The first kappa shape index (κ1) is 16.1. The van der Waals surface area contributed by atoms with E-state index in [0.717, 1.165) is 5.56 Å². The van der Waals surface area contributed by atoms with Crippen LogP contribution in [0.2, 0.25) is 0 Å². The quantitative estimate of drug-likeness (QED) is 0.718. The topological polar surface area (TPSA) is 34.9 Å². The molecule has 0 N–H and O–H groups in total. The molecular weight excluding hydrogens is 310 g/mol. The number of benzene rings is 2. The first-order valence-electron chi connectivity index (χ1n) is 7.54. The number of aryl methyl sites for hydroxylation is 1. The molecular formula is C19H16F2N2O. The predicted octanol–water partition coefficient (Wildman–Crippen LogP) is 4.26. The normalized spacial score (nSPS) is 10.8. The Morgan fingerprint density at radius 1 is 1.12 bits per heavy atom. The van der Waals surface area contributed by atoms with E-state index < -0.39 is 0 Å². The number of aromatic nitrogens is 2. The van der Waals surface area contributed by atoms with E-state index in [-0.39, 0.29) is 23.8 Å². The summed E-state index contributed by atoms with van der Waals surface area (Å²) < 4.78 is 28.4. The molecule has 122 valence electrons. The van der Waals surface area contributed by atoms with Crippen LogP contribution >= 0.6 is 0 Å². The van der Waals surface area contributed by atoms with Crippen LogP contribution < -0.4 is 0 Å². The van der Waals surface area contributed by atoms with Gasteiger partial charge in [-0.25, -0.2) is 13.8 Å². The Labute approximate surface area is 138 Å². The smallest absolute Gasteiger partial charge is 0.137 e. The van der Waals surface area contributed by atoms with Crippen LogP contribution in [0.25, 0.3) is 16.9 Å². The van der Waals surface area contributed by atoms with Gasteiger partial charge in [-0.2, -0.15) is 0 Å². The summed E-state index contributed by atoms with van der Waals surface area (Å²) in [6.07, 6.45) is 1.94. The fourth-order valence-electron chi connectivity index (χ4n) is 2.53. The summed E-state index contributed by atoms with van der Waals surface area (Å²) in [7, 11) is 0. The van der Waals surface area contributed by atoms with E-state index in [0.29, 0.717) is 22.8 Å². The number of Topliss-reactive ketones (excluding diaryl/α,β-unsaturated/α-hetero) is 1. The van der Waals surface area contributed by atoms with Crippen molar-refractivity contribution in [3.63, 3.8) is 0 Å². The first-order valence-corrected chi connectivity index (χ1v) is 7.54. The van der Waals surface area contributed by atoms with Gasteiger partial charge < -0.3 is 4.57 Å². The third-order valence-electron chi connectivity index (χ3n) is 3.74. The molecule has 5 heteroatoms. The lowest BCUT2D eigenvalue weighted by molar-refractivity contribution is -0.116. The molecule has 0 aliphatic carbocycles. The molecule has 3 aromatic rings. The van der Waals surface area contributed by atoms with Crippen molar-refractivity contribution in [1.29, 1.82) is 0 Å². The Morgan fingerprint density at radius 3 is 2.46 bits per heavy atom. The second kappa shape index (κ2) is 6.35. The molecule has 1 heterocycles. The van der Waals surface area contributed by atoms with E-state index >= 15 is 0 Å². The third-order valence-corrected chi connectivity index (χ3v) is 3.74. The Balaban J connectivity index is 2.10. The van der Waals surface area contributed by atoms with E-state index in [2.05, 4.69) is 4.98 Å². The van der Waals surface area contributed by atoms with Gasteiger partial charge in [0.15, 0.2) is 0 Å². The van der Waals surface area contributed by atoms with Crippen LogP contribution in [0.3, 0.4) is 0 Å². The number of nitrogens with zero attached hydrogens (tertiary/aromatic N) is 2. The standard InChI is InChI=1S/C19H16F2N2O/c1-12-9-14(3-8-17(12)21)18-11-23(19(22-18)10-13(2)24)16-6-4-15(20)5-7-16/h3-9,11H,10H2,1-2H3. The molecule has 2 aromatic carbocycles. The lowest BCUT2D eigenvalue weighted by atomic mass is 10.1. The fraction of sp³-hybridized carbons (Fsp3) is 0.158. The second-order valence-corrected chi connectivity index (χ2v) is 5.73. The summed E-state index contributed by atoms with van der Waals surface area (Å²) in [5, 5.41) is 0. The molecule has 24 heavy (non-hydrogen) atoms. The number of carbonyl (C=O) groups excluding carboxylic acids is 1. The van der Waals surface area contributed by atoms with Crippen LogP contribution in [0.15, 0.2) is 48.7 Å². The Morgan fingerprint density at radius 2 is 1.83 bits per heavy atom. The molecule has 0 unspecified atom stereocenters. The van der Waals surface area contributed by atoms with Crippen LogP contribution in [0.5, 0.6) is 0 Å². The minimum absolute atomic E-state index is 0.0224. The minimum atomic E-state index is -0.332. The zero-order valence-corrected chi connectivity index (χ0v) is 13.4. The number of imidazole rings is 1. The number of rotatable bonds is 4. The summed E-state index contributed by atoms with van der Waals surface area (Å²) in [4.78, 5) is 16.0. The van der Waals surface area contributed by atoms with Gasteiger partial charge in [-0.05, 0) is 61.9 Å². The molecule has 0 fully saturated rings. The van der Waals surface area contributed by atoms with Gasteiger partial charge >= 0.3 is 0 Å². The molecule has 0 amide bonds. The Hall–Kier alpha value is -2.82. The van der Waals surface area contributed by atoms with Crippen molar-refractivity contribution in [2.24, 2.45) is 0 Å². The lowest BCUT2D eigenvalue weighted by Gasteiger charge is -2.06. The van der Waals surface area contributed by atoms with Gasteiger partial charge in [-0.15, -0.1) is 0 Å². The molecule has 0 saturated heterocycles. The number of hydrogen-bond acceptors (Lipinski definition) is 2. The van der Waals surface area contributed by atoms with E-state index in [9.17, 15) is 13.6 Å². The van der Waals surface area contributed by atoms with E-state index in [1.165, 1.54) is 25.1 Å². The zero-order chi connectivity index (χ0) is 17.3. The van der Waals surface area contributed by atoms with Gasteiger partial charge in [-0.3, -0.25) is 4.79 Å². The highest BCUT2D eigenvalue weighted by Crippen LogP contribution is 2.24. The molecule has 0 saturated carbocycles. The molecule has 0 bridgehead atoms. The van der Waals surface area contributed by atoms with Crippen LogP contribution in [0.1, 0.15) is 18.3 Å². The van der Waals surface area contributed by atoms with Gasteiger partial charge in [0.05, 0.1) is 12.1 Å². The largest absolute Gasteiger partial charge is 0.303 e. The molecule has 0 atom stereocenters. The lowest BCUT2D eigenvalue weighted by Crippen LogP contribution is -2.05. The van der Waals surface area contributed by atoms with Gasteiger partial charge in [0.2, 0.25) is 0 Å². The van der Waals surface area contributed by atoms with E-state index in [1.807, 2.05) is 0 Å². The summed E-state index contributed by atoms with van der Waals surface area (Å²) in [5.74, 6) is -0.0704. The average molecular weight is 326 g/mol. The molecule has 0 aliphatic heterocycles. The zero-order valence-electron chi connectivity index (χ0n) is 13.4. The van der Waals surface area contributed by atoms with Crippen molar-refractivity contribution in [3.8, 4) is 16.9 Å². The van der Waals surface area contributed by atoms with Crippen LogP contribution in [0.4, 0.5) is 8.78 Å². The van der Waals surface area contributed by atoms with Crippen molar-refractivity contribution < 1.29 is 13.6 Å². The Kier molecular flexibility index (Phi) is 4.25. The molecule has 3 rings (SSSR count). The summed E-state index contributed by atoms with van der Waals surface area (Å²) in [6.45, 7) is 3.18. The van der Waals surface area contributed by atoms with Crippen LogP contribution in [0, 0.1) is 18.6 Å². The van der Waals surface area contributed by atoms with E-state index in [1.54, 1.807) is 42.0 Å². The molecule has 3 nitrogen and oxygen atoms in total. The highest BCUT2D eigenvalue weighted by atomic mass is 19.1. The van der Waals surface area contributed by atoms with Crippen LogP contribution in [-0.4, -0.2) is 15.3 Å². The van der Waals surface area contributed by atoms with Gasteiger partial charge in [0, 0.05) is 17.4 Å². The van der Waals surface area contributed by atoms with Gasteiger partial charge in [0.25, 0.3) is 0 Å². The first-order chi connectivity index (χ1) is 11.4. The van der Waals surface area contributed by atoms with Crippen molar-refractivity contribution in [1.82, 2.24) is 9.55 Å². The fourth-order valence-corrected chi connectivity index (χ4v) is 2.53. The summed E-state index contributed by atoms with van der Waals surface area (Å²) >= 11 is 0. The molecule has 1 aromatic heterocycles. The highest BCUT2D eigenvalue weighted by Gasteiger charge is 2.13. The van der Waals surface area contributed by atoms with Crippen molar-refractivity contribution >= 4 is 5.78 Å². The van der Waals surface area contributed by atoms with Crippen molar-refractivity contribution in [2.75, 3.05) is 0 Å². The summed E-state index contributed by atoms with van der Waals surface area (Å²) in [6, 6.07) is 10.7. The maximum Gasteiger partial charge on any atom is 0.137 e. The average Bonchev–Trinajstić information content (AvgIpc) is 2.94. The number of ketones is 1. The molecule has 0 aliphatic rings. The van der Waals surface area contributed by atoms with Gasteiger partial charge in [0.1, 0.15) is 23.2 Å². The summed E-state index contributed by atoms with van der Waals surface area (Å²) in [5.41, 5.74) is 2.64. The second-order valence-electron chi connectivity index (χ2n) is 5.73. The third kappa shape index (κ3) is 3.25. The minimum Gasteiger partial charge on any atom is -0.303 e. The number of hydrogen-bond donors (Lipinski definition) is 0.